The van der Waals surface area contributed by atoms with Crippen molar-refractivity contribution in [2.75, 3.05) is 13.2 Å². The van der Waals surface area contributed by atoms with E-state index >= 15 is 0 Å². The van der Waals surface area contributed by atoms with E-state index in [1.165, 1.54) is 0 Å². The molecule has 1 aromatic carbocycles. The van der Waals surface area contributed by atoms with Gasteiger partial charge in [0.15, 0.2) is 0 Å². The van der Waals surface area contributed by atoms with Gasteiger partial charge < -0.3 is 14.9 Å². The third-order valence-corrected chi connectivity index (χ3v) is 2.33. The molecule has 2 N–H and O–H groups in total. The fourth-order valence-corrected chi connectivity index (χ4v) is 1.55. The summed E-state index contributed by atoms with van der Waals surface area (Å²) in [6.45, 7) is 6.17. The van der Waals surface area contributed by atoms with Gasteiger partial charge in [0.25, 0.3) is 0 Å². The predicted octanol–water partition coefficient (Wildman–Crippen LogP) is 1.97. The van der Waals surface area contributed by atoms with Crippen LogP contribution in [0.1, 0.15) is 25.3 Å². The van der Waals surface area contributed by atoms with Crippen LogP contribution in [0.15, 0.2) is 24.3 Å². The van der Waals surface area contributed by atoms with Gasteiger partial charge in [-0.1, -0.05) is 12.1 Å². The van der Waals surface area contributed by atoms with E-state index in [1.807, 2.05) is 24.3 Å². The van der Waals surface area contributed by atoms with E-state index < -0.39 is 5.60 Å². The summed E-state index contributed by atoms with van der Waals surface area (Å²) in [5.74, 6) is 0.815. The Kier molecular flexibility index (Phi) is 5.45. The lowest BCUT2D eigenvalue weighted by Gasteiger charge is -2.16. The monoisotopic (exact) mass is 237 g/mol. The Bertz CT molecular complexity index is 311. The fraction of sp³-hybridized carbons (Fsp3) is 0.500. The van der Waals surface area contributed by atoms with Crippen molar-refractivity contribution in [1.82, 2.24) is 0 Å². The minimum absolute atomic E-state index is 0.209. The first kappa shape index (κ1) is 14.0. The highest BCUT2D eigenvalue weighted by atomic mass is 16.5. The maximum absolute atomic E-state index is 9.57. The largest absolute Gasteiger partial charge is 0.494 e. The van der Waals surface area contributed by atoms with Crippen molar-refractivity contribution in [3.8, 4) is 5.75 Å². The summed E-state index contributed by atoms with van der Waals surface area (Å²) in [5.41, 5.74) is 0.108. The molecule has 1 aromatic rings. The second-order valence-corrected chi connectivity index (χ2v) is 4.60. The van der Waals surface area contributed by atoms with Crippen molar-refractivity contribution in [2.24, 2.45) is 0 Å². The van der Waals surface area contributed by atoms with Crippen LogP contribution in [0.2, 0.25) is 0 Å². The van der Waals surface area contributed by atoms with Gasteiger partial charge in [-0.15, -0.1) is 0 Å². The Morgan fingerprint density at radius 2 is 1.88 bits per heavy atom. The molecule has 0 bridgehead atoms. The van der Waals surface area contributed by atoms with Crippen molar-refractivity contribution in [3.63, 3.8) is 0 Å². The molecule has 95 valence electrons. The van der Waals surface area contributed by atoms with Gasteiger partial charge in [-0.05, 0) is 44.4 Å². The van der Waals surface area contributed by atoms with Crippen LogP contribution < -0.4 is 4.74 Å². The van der Waals surface area contributed by atoms with Gasteiger partial charge in [-0.3, -0.25) is 0 Å². The van der Waals surface area contributed by atoms with Crippen LogP contribution in [0.3, 0.4) is 0 Å². The summed E-state index contributed by atoms with van der Waals surface area (Å²) in [6, 6.07) is 7.64. The maximum Gasteiger partial charge on any atom is 0.119 e. The van der Waals surface area contributed by atoms with Crippen LogP contribution in [0.5, 0.6) is 5.75 Å². The van der Waals surface area contributed by atoms with Gasteiger partial charge in [-0.25, -0.2) is 0 Å². The molecule has 0 aliphatic heterocycles. The molecule has 1 atom stereocenters. The van der Waals surface area contributed by atoms with Gasteiger partial charge in [0, 0.05) is 13.0 Å². The molecule has 0 aliphatic carbocycles. The van der Waals surface area contributed by atoms with Crippen LogP contribution in [0.4, 0.5) is 0 Å². The highest BCUT2D eigenvalue weighted by Crippen LogP contribution is 2.16. The van der Waals surface area contributed by atoms with Crippen molar-refractivity contribution in [2.45, 2.75) is 31.8 Å². The molecule has 17 heavy (non-hydrogen) atoms. The number of ether oxygens (including phenoxy) is 1. The number of hydrogen-bond donors (Lipinski definition) is 2. The lowest BCUT2D eigenvalue weighted by molar-refractivity contribution is 0.109. The normalized spacial score (nSPS) is 11.5. The first-order chi connectivity index (χ1) is 8.01. The quantitative estimate of drug-likeness (QED) is 0.713. The lowest BCUT2D eigenvalue weighted by Crippen LogP contribution is -2.22. The summed E-state index contributed by atoms with van der Waals surface area (Å²) in [7, 11) is 0. The zero-order chi connectivity index (χ0) is 12.7. The highest BCUT2D eigenvalue weighted by molar-refractivity contribution is 5.28. The Hall–Kier alpha value is -1.06. The fourth-order valence-electron chi connectivity index (χ4n) is 1.55. The van der Waals surface area contributed by atoms with Crippen LogP contribution in [-0.4, -0.2) is 29.0 Å². The van der Waals surface area contributed by atoms with E-state index in [1.54, 1.807) is 6.92 Å². The molecular formula is C14H21O3. The topological polar surface area (TPSA) is 49.7 Å². The van der Waals surface area contributed by atoms with E-state index in [0.29, 0.717) is 13.0 Å². The molecule has 3 nitrogen and oxygen atoms in total. The number of benzene rings is 1. The molecule has 0 saturated heterocycles. The third kappa shape index (κ3) is 6.29. The number of rotatable bonds is 7. The Labute approximate surface area is 103 Å². The SMILES string of the molecule is [CH2]C(C)(O)Cc1ccc(OCCCCO)cc1. The van der Waals surface area contributed by atoms with Crippen LogP contribution in [0, 0.1) is 6.92 Å². The van der Waals surface area contributed by atoms with Crippen LogP contribution in [-0.2, 0) is 6.42 Å². The third-order valence-electron chi connectivity index (χ3n) is 2.33. The van der Waals surface area contributed by atoms with Crippen LogP contribution in [0.25, 0.3) is 0 Å². The Morgan fingerprint density at radius 3 is 2.41 bits per heavy atom. The molecule has 0 aromatic heterocycles. The van der Waals surface area contributed by atoms with Crippen LogP contribution >= 0.6 is 0 Å². The molecule has 1 unspecified atom stereocenters. The second kappa shape index (κ2) is 6.62. The Balaban J connectivity index is 2.39. The van der Waals surface area contributed by atoms with Gasteiger partial charge >= 0.3 is 0 Å². The number of aliphatic hydroxyl groups is 2. The van der Waals surface area contributed by atoms with Crippen molar-refractivity contribution in [3.05, 3.63) is 36.8 Å². The summed E-state index contributed by atoms with van der Waals surface area (Å²) in [5, 5.41) is 18.2. The number of aliphatic hydroxyl groups excluding tert-OH is 1. The van der Waals surface area contributed by atoms with E-state index in [2.05, 4.69) is 6.92 Å². The lowest BCUT2D eigenvalue weighted by atomic mass is 9.99. The summed E-state index contributed by atoms with van der Waals surface area (Å²) >= 11 is 0. The first-order valence-corrected chi connectivity index (χ1v) is 5.91. The molecule has 1 radical (unpaired) electrons. The molecule has 0 fully saturated rings. The molecule has 0 saturated carbocycles. The molecule has 3 heteroatoms. The Morgan fingerprint density at radius 1 is 1.24 bits per heavy atom. The van der Waals surface area contributed by atoms with Gasteiger partial charge in [-0.2, -0.15) is 0 Å². The zero-order valence-corrected chi connectivity index (χ0v) is 10.4. The molecular weight excluding hydrogens is 216 g/mol. The van der Waals surface area contributed by atoms with E-state index in [-0.39, 0.29) is 6.61 Å². The van der Waals surface area contributed by atoms with Gasteiger partial charge in [0.2, 0.25) is 0 Å². The second-order valence-electron chi connectivity index (χ2n) is 4.60. The predicted molar refractivity (Wildman–Crippen MR) is 67.9 cm³/mol. The molecule has 0 spiro atoms. The summed E-state index contributed by atoms with van der Waals surface area (Å²) in [6.07, 6.45) is 2.14. The number of unbranched alkanes of at least 4 members (excludes halogenated alkanes) is 1. The van der Waals surface area contributed by atoms with Crippen molar-refractivity contribution >= 4 is 0 Å². The van der Waals surface area contributed by atoms with E-state index in [4.69, 9.17) is 9.84 Å². The number of hydrogen-bond acceptors (Lipinski definition) is 3. The zero-order valence-electron chi connectivity index (χ0n) is 10.4. The molecule has 1 rings (SSSR count). The van der Waals surface area contributed by atoms with E-state index in [9.17, 15) is 5.11 Å². The minimum atomic E-state index is -0.927. The molecule has 0 amide bonds. The van der Waals surface area contributed by atoms with E-state index in [0.717, 1.165) is 24.2 Å². The molecule has 0 aliphatic rings. The molecule has 0 heterocycles. The van der Waals surface area contributed by atoms with Gasteiger partial charge in [0.05, 0.1) is 12.2 Å². The summed E-state index contributed by atoms with van der Waals surface area (Å²) < 4.78 is 5.50. The highest BCUT2D eigenvalue weighted by Gasteiger charge is 2.13. The van der Waals surface area contributed by atoms with Crippen molar-refractivity contribution < 1.29 is 14.9 Å². The maximum atomic E-state index is 9.57. The smallest absolute Gasteiger partial charge is 0.119 e. The first-order valence-electron chi connectivity index (χ1n) is 5.91. The van der Waals surface area contributed by atoms with Gasteiger partial charge in [0.1, 0.15) is 5.75 Å². The minimum Gasteiger partial charge on any atom is -0.494 e. The average Bonchev–Trinajstić information content (AvgIpc) is 2.25. The van der Waals surface area contributed by atoms with Crippen molar-refractivity contribution in [1.29, 1.82) is 0 Å². The summed E-state index contributed by atoms with van der Waals surface area (Å²) in [4.78, 5) is 0. The standard InChI is InChI=1S/C14H21O3/c1-14(2,16)11-12-5-7-13(8-6-12)17-10-4-3-9-15/h5-8,15-16H,1,3-4,9-11H2,2H3. The average molecular weight is 237 g/mol.